The van der Waals surface area contributed by atoms with E-state index >= 15 is 0 Å². The van der Waals surface area contributed by atoms with Crippen molar-refractivity contribution in [2.24, 2.45) is 5.92 Å². The van der Waals surface area contributed by atoms with E-state index in [0.29, 0.717) is 12.3 Å². The SMILES string of the molecule is CC(CCCCCCCCCCCc1ccc([131I])cc1)CC(=O)O. The van der Waals surface area contributed by atoms with Gasteiger partial charge in [-0.25, -0.2) is 0 Å². The minimum absolute atomic E-state index is 0.322. The largest absolute Gasteiger partial charge is 0.481 e. The third-order valence-corrected chi connectivity index (χ3v) is 5.32. The topological polar surface area (TPSA) is 37.3 Å². The summed E-state index contributed by atoms with van der Waals surface area (Å²) in [7, 11) is 0. The molecule has 0 aliphatic carbocycles. The van der Waals surface area contributed by atoms with Gasteiger partial charge >= 0.3 is 5.97 Å². The lowest BCUT2D eigenvalue weighted by molar-refractivity contribution is -0.138. The van der Waals surface area contributed by atoms with Crippen molar-refractivity contribution in [3.05, 3.63) is 33.4 Å². The first-order valence-electron chi connectivity index (χ1n) is 9.54. The molecule has 0 amide bonds. The van der Waals surface area contributed by atoms with Crippen LogP contribution in [0.4, 0.5) is 0 Å². The molecule has 0 aliphatic heterocycles. The predicted molar refractivity (Wildman–Crippen MR) is 110 cm³/mol. The normalized spacial score (nSPS) is 12.2. The summed E-state index contributed by atoms with van der Waals surface area (Å²) in [6.45, 7) is 2.05. The summed E-state index contributed by atoms with van der Waals surface area (Å²) in [5.41, 5.74) is 1.47. The first-order chi connectivity index (χ1) is 11.6. The lowest BCUT2D eigenvalue weighted by Crippen LogP contribution is -2.03. The van der Waals surface area contributed by atoms with Crippen molar-refractivity contribution in [2.45, 2.75) is 84.0 Å². The molecule has 3 heteroatoms. The number of benzene rings is 1. The van der Waals surface area contributed by atoms with Crippen LogP contribution in [0.5, 0.6) is 0 Å². The van der Waals surface area contributed by atoms with Crippen LogP contribution in [-0.2, 0) is 11.2 Å². The maximum absolute atomic E-state index is 10.6. The maximum Gasteiger partial charge on any atom is 0.303 e. The number of hydrogen-bond acceptors (Lipinski definition) is 1. The number of aryl methyl sites for hydroxylation is 1. The van der Waals surface area contributed by atoms with Gasteiger partial charge in [-0.15, -0.1) is 0 Å². The Morgan fingerprint density at radius 3 is 1.96 bits per heavy atom. The van der Waals surface area contributed by atoms with Crippen LogP contribution in [-0.4, -0.2) is 11.1 Å². The first-order valence-corrected chi connectivity index (χ1v) is 10.6. The van der Waals surface area contributed by atoms with Crippen molar-refractivity contribution in [1.29, 1.82) is 0 Å². The van der Waals surface area contributed by atoms with Crippen LogP contribution < -0.4 is 0 Å². The highest BCUT2D eigenvalue weighted by atomic mass is 131. The van der Waals surface area contributed by atoms with Crippen LogP contribution >= 0.6 is 22.6 Å². The number of hydrogen-bond donors (Lipinski definition) is 1. The van der Waals surface area contributed by atoms with Gasteiger partial charge in [-0.1, -0.05) is 76.8 Å². The van der Waals surface area contributed by atoms with Crippen molar-refractivity contribution < 1.29 is 9.90 Å². The van der Waals surface area contributed by atoms with E-state index in [1.165, 1.54) is 73.3 Å². The molecule has 0 saturated heterocycles. The minimum Gasteiger partial charge on any atom is -0.481 e. The molecule has 1 rings (SSSR count). The number of aliphatic carboxylic acids is 1. The highest BCUT2D eigenvalue weighted by Crippen LogP contribution is 2.16. The number of carboxylic acid groups (broad SMARTS) is 1. The Morgan fingerprint density at radius 1 is 0.917 bits per heavy atom. The Balaban J connectivity index is 1.84. The van der Waals surface area contributed by atoms with Crippen molar-refractivity contribution >= 4 is 28.6 Å². The second kappa shape index (κ2) is 13.7. The van der Waals surface area contributed by atoms with Gasteiger partial charge in [0.15, 0.2) is 0 Å². The molecule has 0 aliphatic rings. The molecule has 24 heavy (non-hydrogen) atoms. The first kappa shape index (κ1) is 21.5. The summed E-state index contributed by atoms with van der Waals surface area (Å²) in [6, 6.07) is 8.88. The van der Waals surface area contributed by atoms with E-state index in [0.717, 1.165) is 6.42 Å². The third kappa shape index (κ3) is 11.9. The molecular weight excluding hydrogens is 415 g/mol. The molecule has 0 spiro atoms. The monoisotopic (exact) mass is 448 g/mol. The molecule has 2 nitrogen and oxygen atoms in total. The van der Waals surface area contributed by atoms with Crippen molar-refractivity contribution in [3.8, 4) is 0 Å². The number of halogens is 1. The van der Waals surface area contributed by atoms with Gasteiger partial charge in [0.2, 0.25) is 0 Å². The van der Waals surface area contributed by atoms with Crippen LogP contribution in [0.15, 0.2) is 24.3 Å². The Kier molecular flexibility index (Phi) is 12.2. The van der Waals surface area contributed by atoms with Crippen molar-refractivity contribution in [1.82, 2.24) is 0 Å². The summed E-state index contributed by atoms with van der Waals surface area (Å²) in [5, 5.41) is 8.72. The zero-order valence-corrected chi connectivity index (χ0v) is 17.3. The molecule has 1 N–H and O–H groups in total. The number of carboxylic acids is 1. The summed E-state index contributed by atoms with van der Waals surface area (Å²) in [6.07, 6.45) is 14.4. The van der Waals surface area contributed by atoms with Crippen LogP contribution in [0.1, 0.15) is 83.1 Å². The number of rotatable bonds is 14. The van der Waals surface area contributed by atoms with Gasteiger partial charge in [0.05, 0.1) is 0 Å². The predicted octanol–water partition coefficient (Wildman–Crippen LogP) is 6.85. The summed E-state index contributed by atoms with van der Waals surface area (Å²) >= 11 is 2.35. The van der Waals surface area contributed by atoms with E-state index in [1.807, 2.05) is 6.92 Å². The molecule has 0 heterocycles. The number of unbranched alkanes of at least 4 members (excludes halogenated alkanes) is 8. The molecule has 0 saturated carbocycles. The van der Waals surface area contributed by atoms with E-state index < -0.39 is 5.97 Å². The molecule has 1 aromatic rings. The molecular formula is C21H33IO2. The molecule has 136 valence electrons. The fourth-order valence-corrected chi connectivity index (χ4v) is 3.47. The second-order valence-corrected chi connectivity index (χ2v) is 8.30. The summed E-state index contributed by atoms with van der Waals surface area (Å²) < 4.78 is 1.31. The average molecular weight is 448 g/mol. The number of carbonyl (C=O) groups is 1. The van der Waals surface area contributed by atoms with E-state index in [1.54, 1.807) is 0 Å². The van der Waals surface area contributed by atoms with E-state index in [2.05, 4.69) is 46.9 Å². The minimum atomic E-state index is -0.662. The summed E-state index contributed by atoms with van der Waals surface area (Å²) in [5.74, 6) is -0.333. The lowest BCUT2D eigenvalue weighted by Gasteiger charge is -2.08. The Morgan fingerprint density at radius 2 is 1.42 bits per heavy atom. The van der Waals surface area contributed by atoms with Crippen LogP contribution in [0.3, 0.4) is 0 Å². The molecule has 0 radical (unpaired) electrons. The van der Waals surface area contributed by atoms with Gasteiger partial charge in [0.25, 0.3) is 0 Å². The van der Waals surface area contributed by atoms with Gasteiger partial charge < -0.3 is 5.11 Å². The molecule has 1 atom stereocenters. The van der Waals surface area contributed by atoms with Gasteiger partial charge in [-0.3, -0.25) is 4.79 Å². The van der Waals surface area contributed by atoms with Crippen LogP contribution in [0, 0.1) is 9.49 Å². The summed E-state index contributed by atoms with van der Waals surface area (Å²) in [4.78, 5) is 10.6. The Hall–Kier alpha value is -0.580. The molecule has 0 fully saturated rings. The van der Waals surface area contributed by atoms with Crippen molar-refractivity contribution in [3.63, 3.8) is 0 Å². The van der Waals surface area contributed by atoms with Gasteiger partial charge in [-0.2, -0.15) is 0 Å². The van der Waals surface area contributed by atoms with Crippen molar-refractivity contribution in [2.75, 3.05) is 0 Å². The van der Waals surface area contributed by atoms with Crippen LogP contribution in [0.25, 0.3) is 0 Å². The Labute approximate surface area is 161 Å². The van der Waals surface area contributed by atoms with Gasteiger partial charge in [0.1, 0.15) is 0 Å². The van der Waals surface area contributed by atoms with Gasteiger partial charge in [0, 0.05) is 9.99 Å². The average Bonchev–Trinajstić information content (AvgIpc) is 2.53. The fourth-order valence-electron chi connectivity index (χ4n) is 3.11. The maximum atomic E-state index is 10.6. The van der Waals surface area contributed by atoms with E-state index in [9.17, 15) is 4.79 Å². The highest BCUT2D eigenvalue weighted by molar-refractivity contribution is 14.1. The van der Waals surface area contributed by atoms with Gasteiger partial charge in [-0.05, 0) is 59.0 Å². The lowest BCUT2D eigenvalue weighted by atomic mass is 9.99. The quantitative estimate of drug-likeness (QED) is 0.250. The van der Waals surface area contributed by atoms with E-state index in [4.69, 9.17) is 5.11 Å². The molecule has 1 unspecified atom stereocenters. The second-order valence-electron chi connectivity index (χ2n) is 7.05. The highest BCUT2D eigenvalue weighted by Gasteiger charge is 2.06. The van der Waals surface area contributed by atoms with E-state index in [-0.39, 0.29) is 0 Å². The zero-order valence-electron chi connectivity index (χ0n) is 15.1. The standard InChI is InChI=1S/C21H33IO2/c1-18(17-21(23)24)11-9-7-5-3-2-4-6-8-10-12-19-13-15-20(22)16-14-19/h13-16,18H,2-12,17H2,1H3,(H,23,24)/i22+4. The zero-order chi connectivity index (χ0) is 17.6. The molecule has 0 bridgehead atoms. The van der Waals surface area contributed by atoms with Crippen LogP contribution in [0.2, 0.25) is 0 Å². The molecule has 1 aromatic carbocycles. The fraction of sp³-hybridized carbons (Fsp3) is 0.667. The Bertz CT molecular complexity index is 442. The molecule has 0 aromatic heterocycles. The third-order valence-electron chi connectivity index (χ3n) is 4.60. The smallest absolute Gasteiger partial charge is 0.303 e.